The standard InChI is InChI=1S/C17H14N4O2/c18-16(23)13-9-19-17(20-10-13)21-14-5-1-3-11(7-14)12-4-2-6-15(22)8-12/h1-10,22H,(H2,18,23)(H,19,20,21). The number of aromatic nitrogens is 2. The first-order valence-electron chi connectivity index (χ1n) is 6.90. The summed E-state index contributed by atoms with van der Waals surface area (Å²) in [6, 6.07) is 14.6. The second-order valence-corrected chi connectivity index (χ2v) is 4.92. The minimum absolute atomic E-state index is 0.214. The van der Waals surface area contributed by atoms with E-state index >= 15 is 0 Å². The number of nitrogens with zero attached hydrogens (tertiary/aromatic N) is 2. The normalized spacial score (nSPS) is 10.3. The van der Waals surface area contributed by atoms with Gasteiger partial charge in [-0.3, -0.25) is 4.79 Å². The van der Waals surface area contributed by atoms with Crippen molar-refractivity contribution < 1.29 is 9.90 Å². The zero-order valence-electron chi connectivity index (χ0n) is 12.1. The summed E-state index contributed by atoms with van der Waals surface area (Å²) in [5.41, 5.74) is 8.04. The van der Waals surface area contributed by atoms with Crippen LogP contribution in [0.1, 0.15) is 10.4 Å². The Balaban J connectivity index is 1.84. The first kappa shape index (κ1) is 14.5. The van der Waals surface area contributed by atoms with Crippen LogP contribution in [0, 0.1) is 0 Å². The molecule has 0 aliphatic rings. The Morgan fingerprint density at radius 2 is 1.65 bits per heavy atom. The Morgan fingerprint density at radius 3 is 2.30 bits per heavy atom. The van der Waals surface area contributed by atoms with E-state index in [2.05, 4.69) is 15.3 Å². The van der Waals surface area contributed by atoms with Gasteiger partial charge in [-0.1, -0.05) is 24.3 Å². The van der Waals surface area contributed by atoms with Gasteiger partial charge in [-0.25, -0.2) is 9.97 Å². The van der Waals surface area contributed by atoms with E-state index in [9.17, 15) is 9.90 Å². The first-order chi connectivity index (χ1) is 11.1. The molecule has 0 unspecified atom stereocenters. The Hall–Kier alpha value is -3.41. The zero-order chi connectivity index (χ0) is 16.2. The first-order valence-corrected chi connectivity index (χ1v) is 6.90. The average Bonchev–Trinajstić information content (AvgIpc) is 2.56. The van der Waals surface area contributed by atoms with Crippen molar-refractivity contribution in [1.29, 1.82) is 0 Å². The van der Waals surface area contributed by atoms with Crippen molar-refractivity contribution in [3.63, 3.8) is 0 Å². The molecule has 1 amide bonds. The number of carbonyl (C=O) groups is 1. The van der Waals surface area contributed by atoms with Gasteiger partial charge in [-0.2, -0.15) is 0 Å². The summed E-state index contributed by atoms with van der Waals surface area (Å²) in [5, 5.41) is 12.6. The van der Waals surface area contributed by atoms with Gasteiger partial charge in [0.2, 0.25) is 5.95 Å². The molecule has 0 radical (unpaired) electrons. The Bertz CT molecular complexity index is 847. The van der Waals surface area contributed by atoms with Crippen LogP contribution in [0.4, 0.5) is 11.6 Å². The van der Waals surface area contributed by atoms with Crippen LogP contribution in [0.25, 0.3) is 11.1 Å². The highest BCUT2D eigenvalue weighted by Gasteiger charge is 2.04. The maximum Gasteiger partial charge on any atom is 0.251 e. The Kier molecular flexibility index (Phi) is 3.88. The minimum Gasteiger partial charge on any atom is -0.508 e. The topological polar surface area (TPSA) is 101 Å². The molecule has 4 N–H and O–H groups in total. The van der Waals surface area contributed by atoms with Crippen molar-refractivity contribution in [2.75, 3.05) is 5.32 Å². The predicted octanol–water partition coefficient (Wildman–Crippen LogP) is 2.69. The van der Waals surface area contributed by atoms with Gasteiger partial charge in [0, 0.05) is 18.1 Å². The van der Waals surface area contributed by atoms with Crippen LogP contribution in [0.5, 0.6) is 5.75 Å². The van der Waals surface area contributed by atoms with Crippen LogP contribution in [0.3, 0.4) is 0 Å². The van der Waals surface area contributed by atoms with Crippen LogP contribution in [-0.4, -0.2) is 21.0 Å². The molecule has 6 nitrogen and oxygen atoms in total. The summed E-state index contributed by atoms with van der Waals surface area (Å²) in [6.07, 6.45) is 2.74. The fourth-order valence-electron chi connectivity index (χ4n) is 2.11. The summed E-state index contributed by atoms with van der Waals surface area (Å²) in [5.74, 6) is 0.0109. The number of phenols is 1. The van der Waals surface area contributed by atoms with E-state index in [0.29, 0.717) is 5.95 Å². The SMILES string of the molecule is NC(=O)c1cnc(Nc2cccc(-c3cccc(O)c3)c2)nc1. The van der Waals surface area contributed by atoms with Crippen LogP contribution >= 0.6 is 0 Å². The summed E-state index contributed by atoms with van der Waals surface area (Å²) in [6.45, 7) is 0. The van der Waals surface area contributed by atoms with Crippen LogP contribution in [-0.2, 0) is 0 Å². The smallest absolute Gasteiger partial charge is 0.251 e. The van der Waals surface area contributed by atoms with Crippen molar-refractivity contribution >= 4 is 17.5 Å². The fraction of sp³-hybridized carbons (Fsp3) is 0. The molecular weight excluding hydrogens is 292 g/mol. The number of primary amides is 1. The molecule has 0 spiro atoms. The van der Waals surface area contributed by atoms with Gasteiger partial charge in [0.15, 0.2) is 0 Å². The lowest BCUT2D eigenvalue weighted by molar-refractivity contribution is 0.0999. The Labute approximate surface area is 132 Å². The van der Waals surface area contributed by atoms with Crippen molar-refractivity contribution in [3.05, 3.63) is 66.5 Å². The lowest BCUT2D eigenvalue weighted by atomic mass is 10.0. The molecule has 2 aromatic carbocycles. The molecule has 0 aliphatic heterocycles. The van der Waals surface area contributed by atoms with Crippen molar-refractivity contribution in [3.8, 4) is 16.9 Å². The molecule has 0 bridgehead atoms. The van der Waals surface area contributed by atoms with Crippen LogP contribution < -0.4 is 11.1 Å². The van der Waals surface area contributed by atoms with E-state index < -0.39 is 5.91 Å². The number of carbonyl (C=O) groups excluding carboxylic acids is 1. The van der Waals surface area contributed by atoms with E-state index in [1.165, 1.54) is 12.4 Å². The van der Waals surface area contributed by atoms with E-state index in [1.54, 1.807) is 18.2 Å². The Morgan fingerprint density at radius 1 is 1.00 bits per heavy atom. The second kappa shape index (κ2) is 6.15. The molecule has 3 rings (SSSR count). The number of aromatic hydroxyl groups is 1. The third-order valence-corrected chi connectivity index (χ3v) is 3.23. The lowest BCUT2D eigenvalue weighted by Gasteiger charge is -2.08. The van der Waals surface area contributed by atoms with Crippen molar-refractivity contribution in [1.82, 2.24) is 9.97 Å². The maximum atomic E-state index is 11.0. The quantitative estimate of drug-likeness (QED) is 0.688. The van der Waals surface area contributed by atoms with Gasteiger partial charge in [-0.15, -0.1) is 0 Å². The molecular formula is C17H14N4O2. The molecule has 1 heterocycles. The van der Waals surface area contributed by atoms with E-state index in [-0.39, 0.29) is 11.3 Å². The summed E-state index contributed by atoms with van der Waals surface area (Å²) < 4.78 is 0. The number of hydrogen-bond acceptors (Lipinski definition) is 5. The van der Waals surface area contributed by atoms with Gasteiger partial charge in [0.05, 0.1) is 5.56 Å². The number of amides is 1. The lowest BCUT2D eigenvalue weighted by Crippen LogP contribution is -2.12. The fourth-order valence-corrected chi connectivity index (χ4v) is 2.11. The largest absolute Gasteiger partial charge is 0.508 e. The molecule has 0 atom stereocenters. The highest BCUT2D eigenvalue weighted by molar-refractivity contribution is 5.92. The van der Waals surface area contributed by atoms with E-state index in [4.69, 9.17) is 5.73 Å². The number of nitrogens with two attached hydrogens (primary N) is 1. The molecule has 1 aromatic heterocycles. The van der Waals surface area contributed by atoms with Gasteiger partial charge >= 0.3 is 0 Å². The van der Waals surface area contributed by atoms with Gasteiger partial charge in [0.1, 0.15) is 5.75 Å². The molecule has 0 saturated heterocycles. The predicted molar refractivity (Wildman–Crippen MR) is 87.4 cm³/mol. The van der Waals surface area contributed by atoms with Crippen LogP contribution in [0.2, 0.25) is 0 Å². The van der Waals surface area contributed by atoms with Gasteiger partial charge < -0.3 is 16.2 Å². The van der Waals surface area contributed by atoms with E-state index in [1.807, 2.05) is 30.3 Å². The molecule has 114 valence electrons. The number of hydrogen-bond donors (Lipinski definition) is 3. The summed E-state index contributed by atoms with van der Waals surface area (Å²) in [4.78, 5) is 19.1. The number of anilines is 2. The van der Waals surface area contributed by atoms with Crippen molar-refractivity contribution in [2.45, 2.75) is 0 Å². The number of nitrogens with one attached hydrogen (secondary N) is 1. The molecule has 0 aliphatic carbocycles. The van der Waals surface area contributed by atoms with Gasteiger partial charge in [-0.05, 0) is 35.4 Å². The third kappa shape index (κ3) is 3.44. The highest BCUT2D eigenvalue weighted by atomic mass is 16.3. The number of phenolic OH excluding ortho intramolecular Hbond substituents is 1. The van der Waals surface area contributed by atoms with Gasteiger partial charge in [0.25, 0.3) is 5.91 Å². The molecule has 6 heteroatoms. The second-order valence-electron chi connectivity index (χ2n) is 4.92. The minimum atomic E-state index is -0.567. The molecule has 3 aromatic rings. The zero-order valence-corrected chi connectivity index (χ0v) is 12.1. The summed E-state index contributed by atoms with van der Waals surface area (Å²) in [7, 11) is 0. The third-order valence-electron chi connectivity index (χ3n) is 3.23. The monoisotopic (exact) mass is 306 g/mol. The molecule has 0 fully saturated rings. The number of benzene rings is 2. The number of rotatable bonds is 4. The van der Waals surface area contributed by atoms with Crippen molar-refractivity contribution in [2.24, 2.45) is 5.73 Å². The molecule has 0 saturated carbocycles. The maximum absolute atomic E-state index is 11.0. The highest BCUT2D eigenvalue weighted by Crippen LogP contribution is 2.26. The molecule has 23 heavy (non-hydrogen) atoms. The van der Waals surface area contributed by atoms with Crippen LogP contribution in [0.15, 0.2) is 60.9 Å². The average molecular weight is 306 g/mol. The summed E-state index contributed by atoms with van der Waals surface area (Å²) >= 11 is 0. The van der Waals surface area contributed by atoms with E-state index in [0.717, 1.165) is 16.8 Å².